The summed E-state index contributed by atoms with van der Waals surface area (Å²) in [6.45, 7) is 3.79. The second kappa shape index (κ2) is 5.88. The quantitative estimate of drug-likeness (QED) is 0.721. The van der Waals surface area contributed by atoms with Crippen LogP contribution in [0.3, 0.4) is 0 Å². The normalized spacial score (nSPS) is 12.3. The molecule has 5 heteroatoms. The van der Waals surface area contributed by atoms with E-state index in [4.69, 9.17) is 0 Å². The van der Waals surface area contributed by atoms with Crippen molar-refractivity contribution in [3.63, 3.8) is 0 Å². The van der Waals surface area contributed by atoms with Gasteiger partial charge in [0.1, 0.15) is 0 Å². The maximum Gasteiger partial charge on any atom is 0.233 e. The predicted molar refractivity (Wildman–Crippen MR) is 78.9 cm³/mol. The lowest BCUT2D eigenvalue weighted by Crippen LogP contribution is -2.40. The lowest BCUT2D eigenvalue weighted by molar-refractivity contribution is -0.119. The number of benzene rings is 1. The number of carbonyl (C=O) groups excluding carboxylic acids is 2. The number of Topliss-reactive ketones (excluding diaryl/α,β-unsaturated/α-hetero) is 1. The van der Waals surface area contributed by atoms with Crippen LogP contribution in [0.25, 0.3) is 10.9 Å². The highest BCUT2D eigenvalue weighted by Gasteiger charge is 2.21. The minimum Gasteiger partial charge on any atom is -0.358 e. The number of rotatable bonds is 5. The molecule has 0 bridgehead atoms. The van der Waals surface area contributed by atoms with E-state index in [0.717, 1.165) is 16.6 Å². The van der Waals surface area contributed by atoms with Gasteiger partial charge in [-0.1, -0.05) is 18.2 Å². The third-order valence-corrected chi connectivity index (χ3v) is 3.38. The van der Waals surface area contributed by atoms with E-state index in [2.05, 4.69) is 15.6 Å². The van der Waals surface area contributed by atoms with Gasteiger partial charge in [0.2, 0.25) is 5.91 Å². The Morgan fingerprint density at radius 1 is 1.30 bits per heavy atom. The lowest BCUT2D eigenvalue weighted by Gasteiger charge is -2.12. The minimum absolute atomic E-state index is 0.0103. The molecule has 2 aromatic rings. The molecule has 0 spiro atoms. The molecule has 0 radical (unpaired) electrons. The van der Waals surface area contributed by atoms with Crippen LogP contribution in [-0.2, 0) is 4.79 Å². The van der Waals surface area contributed by atoms with Crippen molar-refractivity contribution >= 4 is 22.6 Å². The van der Waals surface area contributed by atoms with Gasteiger partial charge in [-0.2, -0.15) is 0 Å². The Kier molecular flexibility index (Phi) is 4.20. The molecule has 0 unspecified atom stereocenters. The molecule has 0 aliphatic carbocycles. The van der Waals surface area contributed by atoms with Gasteiger partial charge in [-0.15, -0.1) is 0 Å². The molecular formula is C15H19N3O2. The fourth-order valence-corrected chi connectivity index (χ4v) is 2.24. The first-order chi connectivity index (χ1) is 9.54. The fourth-order valence-electron chi connectivity index (χ4n) is 2.24. The van der Waals surface area contributed by atoms with Crippen LogP contribution in [0, 0.1) is 6.92 Å². The Hall–Kier alpha value is -2.14. The first-order valence-electron chi connectivity index (χ1n) is 6.60. The summed E-state index contributed by atoms with van der Waals surface area (Å²) in [5.74, 6) is -0.149. The van der Waals surface area contributed by atoms with E-state index in [1.807, 2.05) is 31.2 Å². The summed E-state index contributed by atoms with van der Waals surface area (Å²) in [6, 6.07) is 7.30. The summed E-state index contributed by atoms with van der Waals surface area (Å²) >= 11 is 0. The number of amides is 1. The van der Waals surface area contributed by atoms with Gasteiger partial charge in [-0.05, 0) is 19.9 Å². The van der Waals surface area contributed by atoms with Crippen LogP contribution in [0.4, 0.5) is 0 Å². The lowest BCUT2D eigenvalue weighted by atomic mass is 10.0. The molecule has 0 aliphatic heterocycles. The number of nitrogens with one attached hydrogen (secondary N) is 3. The topological polar surface area (TPSA) is 74.0 Å². The molecule has 20 heavy (non-hydrogen) atoms. The largest absolute Gasteiger partial charge is 0.358 e. The number of ketones is 1. The zero-order valence-electron chi connectivity index (χ0n) is 11.9. The van der Waals surface area contributed by atoms with Gasteiger partial charge in [0.15, 0.2) is 5.78 Å². The zero-order valence-corrected chi connectivity index (χ0v) is 11.9. The monoisotopic (exact) mass is 273 g/mol. The number of para-hydroxylation sites is 1. The summed E-state index contributed by atoms with van der Waals surface area (Å²) in [5.41, 5.74) is 2.49. The second-order valence-electron chi connectivity index (χ2n) is 4.81. The minimum atomic E-state index is -0.412. The van der Waals surface area contributed by atoms with Crippen molar-refractivity contribution < 1.29 is 9.59 Å². The van der Waals surface area contributed by atoms with Crippen LogP contribution >= 0.6 is 0 Å². The van der Waals surface area contributed by atoms with Crippen LogP contribution in [0.1, 0.15) is 23.0 Å². The molecule has 3 N–H and O–H groups in total. The van der Waals surface area contributed by atoms with Crippen molar-refractivity contribution in [2.24, 2.45) is 0 Å². The van der Waals surface area contributed by atoms with Crippen LogP contribution in [0.15, 0.2) is 24.3 Å². The Bertz CT molecular complexity index is 646. The summed E-state index contributed by atoms with van der Waals surface area (Å²) in [4.78, 5) is 27.0. The van der Waals surface area contributed by atoms with Crippen molar-refractivity contribution in [1.82, 2.24) is 15.6 Å². The number of hydrogen-bond donors (Lipinski definition) is 3. The van der Waals surface area contributed by atoms with E-state index in [1.165, 1.54) is 0 Å². The van der Waals surface area contributed by atoms with Gasteiger partial charge in [0, 0.05) is 29.2 Å². The SMILES string of the molecule is CNC(=O)CN[C@H](C)C(=O)c1c(C)[nH]c2ccccc12. The van der Waals surface area contributed by atoms with Crippen LogP contribution in [-0.4, -0.2) is 36.3 Å². The number of hydrogen-bond acceptors (Lipinski definition) is 3. The third-order valence-electron chi connectivity index (χ3n) is 3.38. The highest BCUT2D eigenvalue weighted by atomic mass is 16.2. The number of likely N-dealkylation sites (N-methyl/N-ethyl adjacent to an activating group) is 1. The molecule has 1 aromatic heterocycles. The van der Waals surface area contributed by atoms with Crippen molar-refractivity contribution in [3.05, 3.63) is 35.5 Å². The van der Waals surface area contributed by atoms with Gasteiger partial charge in [-0.3, -0.25) is 14.9 Å². The van der Waals surface area contributed by atoms with Crippen molar-refractivity contribution in [2.45, 2.75) is 19.9 Å². The molecule has 1 amide bonds. The summed E-state index contributed by atoms with van der Waals surface area (Å²) in [5, 5.41) is 6.37. The molecule has 0 saturated heterocycles. The highest BCUT2D eigenvalue weighted by Crippen LogP contribution is 2.23. The molecule has 1 aromatic carbocycles. The Morgan fingerprint density at radius 2 is 2.00 bits per heavy atom. The molecule has 1 heterocycles. The van der Waals surface area contributed by atoms with Gasteiger partial charge >= 0.3 is 0 Å². The first kappa shape index (κ1) is 14.3. The third kappa shape index (κ3) is 2.72. The number of aromatic amines is 1. The van der Waals surface area contributed by atoms with E-state index in [9.17, 15) is 9.59 Å². The molecular weight excluding hydrogens is 254 g/mol. The Labute approximate surface area is 117 Å². The maximum atomic E-state index is 12.5. The second-order valence-corrected chi connectivity index (χ2v) is 4.81. The first-order valence-corrected chi connectivity index (χ1v) is 6.60. The Morgan fingerprint density at radius 3 is 2.70 bits per heavy atom. The van der Waals surface area contributed by atoms with E-state index in [0.29, 0.717) is 5.56 Å². The van der Waals surface area contributed by atoms with Crippen LogP contribution in [0.2, 0.25) is 0 Å². The number of H-pyrrole nitrogens is 1. The highest BCUT2D eigenvalue weighted by molar-refractivity contribution is 6.11. The number of aryl methyl sites for hydroxylation is 1. The maximum absolute atomic E-state index is 12.5. The summed E-state index contributed by atoms with van der Waals surface area (Å²) < 4.78 is 0. The zero-order chi connectivity index (χ0) is 14.7. The number of fused-ring (bicyclic) bond motifs is 1. The predicted octanol–water partition coefficient (Wildman–Crippen LogP) is 1.38. The van der Waals surface area contributed by atoms with Crippen molar-refractivity contribution in [1.29, 1.82) is 0 Å². The molecule has 0 fully saturated rings. The van der Waals surface area contributed by atoms with Crippen molar-refractivity contribution in [3.8, 4) is 0 Å². The average molecular weight is 273 g/mol. The van der Waals surface area contributed by atoms with Gasteiger partial charge < -0.3 is 10.3 Å². The standard InChI is InChI=1S/C15H19N3O2/c1-9-14(11-6-4-5-7-12(11)18-9)15(20)10(2)17-8-13(19)16-3/h4-7,10,17-18H,8H2,1-3H3,(H,16,19)/t10-/m1/s1. The van der Waals surface area contributed by atoms with Gasteiger partial charge in [0.25, 0.3) is 0 Å². The van der Waals surface area contributed by atoms with Crippen molar-refractivity contribution in [2.75, 3.05) is 13.6 Å². The van der Waals surface area contributed by atoms with Crippen LogP contribution < -0.4 is 10.6 Å². The number of carbonyl (C=O) groups is 2. The van der Waals surface area contributed by atoms with Crippen LogP contribution in [0.5, 0.6) is 0 Å². The average Bonchev–Trinajstić information content (AvgIpc) is 2.79. The molecule has 1 atom stereocenters. The fraction of sp³-hybridized carbons (Fsp3) is 0.333. The number of aromatic nitrogens is 1. The van der Waals surface area contributed by atoms with E-state index >= 15 is 0 Å². The van der Waals surface area contributed by atoms with E-state index < -0.39 is 6.04 Å². The van der Waals surface area contributed by atoms with E-state index in [1.54, 1.807) is 14.0 Å². The summed E-state index contributed by atoms with van der Waals surface area (Å²) in [7, 11) is 1.57. The van der Waals surface area contributed by atoms with Gasteiger partial charge in [-0.25, -0.2) is 0 Å². The Balaban J connectivity index is 2.22. The van der Waals surface area contributed by atoms with E-state index in [-0.39, 0.29) is 18.2 Å². The smallest absolute Gasteiger partial charge is 0.233 e. The van der Waals surface area contributed by atoms with Gasteiger partial charge in [0.05, 0.1) is 12.6 Å². The molecule has 0 saturated carbocycles. The molecule has 106 valence electrons. The molecule has 5 nitrogen and oxygen atoms in total. The summed E-state index contributed by atoms with van der Waals surface area (Å²) in [6.07, 6.45) is 0. The molecule has 2 rings (SSSR count). The molecule has 0 aliphatic rings.